The van der Waals surface area contributed by atoms with Crippen LogP contribution in [0.15, 0.2) is 0 Å². The number of nitrogens with zero attached hydrogens (tertiary/aromatic N) is 1. The van der Waals surface area contributed by atoms with Gasteiger partial charge in [0, 0.05) is 26.2 Å². The third kappa shape index (κ3) is 2.13. The van der Waals surface area contributed by atoms with Crippen LogP contribution in [0.25, 0.3) is 0 Å². The van der Waals surface area contributed by atoms with Crippen LogP contribution in [-0.4, -0.2) is 38.9 Å². The van der Waals surface area contributed by atoms with Gasteiger partial charge in [-0.25, -0.2) is 4.72 Å². The van der Waals surface area contributed by atoms with Crippen LogP contribution >= 0.6 is 0 Å². The van der Waals surface area contributed by atoms with Crippen LogP contribution < -0.4 is 10.5 Å². The van der Waals surface area contributed by atoms with Gasteiger partial charge in [0.1, 0.15) is 0 Å². The van der Waals surface area contributed by atoms with Crippen LogP contribution in [0, 0.1) is 0 Å². The lowest BCUT2D eigenvalue weighted by atomic mass is 10.4. The number of hydrogen-bond donors (Lipinski definition) is 2. The highest BCUT2D eigenvalue weighted by molar-refractivity contribution is 7.87. The number of nitrogens with one attached hydrogen (secondary N) is 1. The summed E-state index contributed by atoms with van der Waals surface area (Å²) in [5, 5.41) is 0. The summed E-state index contributed by atoms with van der Waals surface area (Å²) in [6, 6.07) is 0. The Morgan fingerprint density at radius 2 is 2.27 bits per heavy atom. The average Bonchev–Trinajstić information content (AvgIpc) is 1.94. The van der Waals surface area contributed by atoms with Crippen molar-refractivity contribution < 1.29 is 8.42 Å². The molecule has 1 fully saturated rings. The molecule has 1 aliphatic rings. The zero-order valence-electron chi connectivity index (χ0n) is 6.28. The largest absolute Gasteiger partial charge is 0.329 e. The quantitative estimate of drug-likeness (QED) is 0.541. The van der Waals surface area contributed by atoms with Crippen molar-refractivity contribution in [2.24, 2.45) is 5.73 Å². The summed E-state index contributed by atoms with van der Waals surface area (Å²) in [5.41, 5.74) is 5.25. The number of nitrogens with two attached hydrogens (primary N) is 1. The molecular weight excluding hydrogens is 166 g/mol. The molecule has 1 saturated heterocycles. The number of rotatable bonds is 2. The second kappa shape index (κ2) is 3.48. The molecule has 1 heterocycles. The molecule has 0 amide bonds. The Bertz CT molecular complexity index is 212. The lowest BCUT2D eigenvalue weighted by Crippen LogP contribution is -2.48. The van der Waals surface area contributed by atoms with E-state index in [0.717, 1.165) is 6.42 Å². The van der Waals surface area contributed by atoms with Gasteiger partial charge in [-0.15, -0.1) is 0 Å². The maximum absolute atomic E-state index is 11.1. The molecule has 0 bridgehead atoms. The van der Waals surface area contributed by atoms with Crippen LogP contribution in [0.1, 0.15) is 6.42 Å². The molecule has 6 heteroatoms. The van der Waals surface area contributed by atoms with Gasteiger partial charge in [0.2, 0.25) is 0 Å². The summed E-state index contributed by atoms with van der Waals surface area (Å²) in [6.45, 7) is 1.92. The molecular formula is C5H13N3O2S. The first-order valence-electron chi connectivity index (χ1n) is 3.61. The van der Waals surface area contributed by atoms with E-state index < -0.39 is 10.2 Å². The minimum atomic E-state index is -3.18. The summed E-state index contributed by atoms with van der Waals surface area (Å²) in [5.74, 6) is 0. The van der Waals surface area contributed by atoms with E-state index in [1.165, 1.54) is 4.31 Å². The predicted molar refractivity (Wildman–Crippen MR) is 42.2 cm³/mol. The van der Waals surface area contributed by atoms with Crippen molar-refractivity contribution in [2.75, 3.05) is 26.2 Å². The van der Waals surface area contributed by atoms with Crippen LogP contribution in [0.2, 0.25) is 0 Å². The zero-order chi connectivity index (χ0) is 8.32. The molecule has 0 saturated carbocycles. The van der Waals surface area contributed by atoms with E-state index >= 15 is 0 Å². The van der Waals surface area contributed by atoms with Crippen molar-refractivity contribution in [3.05, 3.63) is 0 Å². The van der Waals surface area contributed by atoms with Crippen LogP contribution in [-0.2, 0) is 10.2 Å². The van der Waals surface area contributed by atoms with E-state index in [1.54, 1.807) is 0 Å². The summed E-state index contributed by atoms with van der Waals surface area (Å²) < 4.78 is 26.1. The number of hydrogen-bond acceptors (Lipinski definition) is 3. The molecule has 0 atom stereocenters. The predicted octanol–water partition coefficient (Wildman–Crippen LogP) is -1.51. The third-order valence-corrected chi connectivity index (χ3v) is 3.20. The molecule has 1 aliphatic heterocycles. The van der Waals surface area contributed by atoms with Crippen LogP contribution in [0.4, 0.5) is 0 Å². The summed E-state index contributed by atoms with van der Waals surface area (Å²) in [6.07, 6.45) is 0.860. The molecule has 0 radical (unpaired) electrons. The fraction of sp³-hybridized carbons (Fsp3) is 1.00. The Balaban J connectivity index is 2.60. The highest BCUT2D eigenvalue weighted by Crippen LogP contribution is 2.03. The molecule has 0 aliphatic carbocycles. The van der Waals surface area contributed by atoms with Gasteiger partial charge in [0.05, 0.1) is 0 Å². The van der Waals surface area contributed by atoms with E-state index in [-0.39, 0.29) is 0 Å². The molecule has 0 aromatic heterocycles. The molecule has 11 heavy (non-hydrogen) atoms. The standard InChI is InChI=1S/C5H13N3O2S/c6-2-5-8-4-1-3-7-11(8,9)10/h7H,1-6H2. The average molecular weight is 179 g/mol. The minimum Gasteiger partial charge on any atom is -0.329 e. The van der Waals surface area contributed by atoms with E-state index in [4.69, 9.17) is 5.73 Å². The van der Waals surface area contributed by atoms with Crippen molar-refractivity contribution in [3.8, 4) is 0 Å². The lowest BCUT2D eigenvalue weighted by Gasteiger charge is -2.25. The topological polar surface area (TPSA) is 75.4 Å². The fourth-order valence-electron chi connectivity index (χ4n) is 1.04. The van der Waals surface area contributed by atoms with Gasteiger partial charge in [0.25, 0.3) is 10.2 Å². The van der Waals surface area contributed by atoms with Crippen LogP contribution in [0.3, 0.4) is 0 Å². The van der Waals surface area contributed by atoms with Crippen molar-refractivity contribution in [1.29, 1.82) is 0 Å². The van der Waals surface area contributed by atoms with Gasteiger partial charge in [-0.2, -0.15) is 12.7 Å². The summed E-state index contributed by atoms with van der Waals surface area (Å²) in [7, 11) is -3.18. The second-order valence-electron chi connectivity index (χ2n) is 2.44. The van der Waals surface area contributed by atoms with Gasteiger partial charge < -0.3 is 5.73 Å². The monoisotopic (exact) mass is 179 g/mol. The van der Waals surface area contributed by atoms with Crippen molar-refractivity contribution in [2.45, 2.75) is 6.42 Å². The SMILES string of the molecule is NCCN1CCCNS1(=O)=O. The first-order chi connectivity index (χ1) is 5.17. The van der Waals surface area contributed by atoms with Gasteiger partial charge in [-0.05, 0) is 6.42 Å². The first kappa shape index (κ1) is 8.92. The Labute approximate surface area is 66.7 Å². The maximum Gasteiger partial charge on any atom is 0.279 e. The van der Waals surface area contributed by atoms with Gasteiger partial charge in [0.15, 0.2) is 0 Å². The molecule has 0 spiro atoms. The third-order valence-electron chi connectivity index (χ3n) is 1.59. The molecule has 3 N–H and O–H groups in total. The highest BCUT2D eigenvalue weighted by Gasteiger charge is 2.23. The second-order valence-corrected chi connectivity index (χ2v) is 4.20. The zero-order valence-corrected chi connectivity index (χ0v) is 7.10. The molecule has 0 aromatic rings. The molecule has 66 valence electrons. The summed E-state index contributed by atoms with van der Waals surface area (Å²) in [4.78, 5) is 0. The van der Waals surface area contributed by atoms with E-state index in [1.807, 2.05) is 0 Å². The van der Waals surface area contributed by atoms with E-state index in [0.29, 0.717) is 26.2 Å². The van der Waals surface area contributed by atoms with E-state index in [9.17, 15) is 8.42 Å². The Kier molecular flexibility index (Phi) is 2.83. The maximum atomic E-state index is 11.1. The first-order valence-corrected chi connectivity index (χ1v) is 5.05. The molecule has 5 nitrogen and oxygen atoms in total. The molecule has 0 unspecified atom stereocenters. The van der Waals surface area contributed by atoms with Crippen molar-refractivity contribution in [1.82, 2.24) is 9.03 Å². The Hall–Kier alpha value is -0.170. The Morgan fingerprint density at radius 1 is 1.55 bits per heavy atom. The fourth-order valence-corrected chi connectivity index (χ4v) is 2.34. The van der Waals surface area contributed by atoms with Crippen LogP contribution in [0.5, 0.6) is 0 Å². The van der Waals surface area contributed by atoms with Crippen molar-refractivity contribution >= 4 is 10.2 Å². The van der Waals surface area contributed by atoms with Gasteiger partial charge in [-0.3, -0.25) is 0 Å². The molecule has 1 rings (SSSR count). The molecule has 0 aromatic carbocycles. The van der Waals surface area contributed by atoms with Crippen molar-refractivity contribution in [3.63, 3.8) is 0 Å². The highest BCUT2D eigenvalue weighted by atomic mass is 32.2. The Morgan fingerprint density at radius 3 is 2.82 bits per heavy atom. The smallest absolute Gasteiger partial charge is 0.279 e. The lowest BCUT2D eigenvalue weighted by molar-refractivity contribution is 0.381. The van der Waals surface area contributed by atoms with E-state index in [2.05, 4.69) is 4.72 Å². The summed E-state index contributed by atoms with van der Waals surface area (Å²) >= 11 is 0. The van der Waals surface area contributed by atoms with Gasteiger partial charge >= 0.3 is 0 Å². The normalized spacial score (nSPS) is 25.2. The van der Waals surface area contributed by atoms with Gasteiger partial charge in [-0.1, -0.05) is 0 Å². The minimum absolute atomic E-state index is 0.376.